The van der Waals surface area contributed by atoms with Crippen LogP contribution in [-0.4, -0.2) is 67.0 Å². The molecular weight excluding hydrogens is 562 g/mol. The van der Waals surface area contributed by atoms with E-state index in [1.807, 2.05) is 0 Å². The maximum Gasteiger partial charge on any atom is 0.320 e. The van der Waals surface area contributed by atoms with E-state index in [1.165, 1.54) is 205 Å². The molecule has 1 aliphatic rings. The maximum atomic E-state index is 13.4. The molecule has 0 aromatic carbocycles. The molecule has 0 unspecified atom stereocenters. The molecular formula is C42H85N3O. The van der Waals surface area contributed by atoms with Crippen molar-refractivity contribution in [3.8, 4) is 0 Å². The molecule has 1 rings (SSSR count). The van der Waals surface area contributed by atoms with Crippen molar-refractivity contribution >= 4 is 6.03 Å². The van der Waals surface area contributed by atoms with E-state index in [0.29, 0.717) is 6.03 Å². The number of urea groups is 1. The molecule has 0 aliphatic carbocycles. The normalized spacial score (nSPS) is 13.9. The van der Waals surface area contributed by atoms with Gasteiger partial charge in [0.2, 0.25) is 0 Å². The predicted molar refractivity (Wildman–Crippen MR) is 205 cm³/mol. The first-order valence-electron chi connectivity index (χ1n) is 21.4. The quantitative estimate of drug-likeness (QED) is 0.0650. The third-order valence-corrected chi connectivity index (χ3v) is 10.6. The van der Waals surface area contributed by atoms with Gasteiger partial charge < -0.3 is 14.7 Å². The zero-order valence-corrected chi connectivity index (χ0v) is 32.1. The van der Waals surface area contributed by atoms with Crippen LogP contribution in [0.3, 0.4) is 0 Å². The number of hydrogen-bond acceptors (Lipinski definition) is 2. The number of piperazine rings is 1. The average Bonchev–Trinajstić information content (AvgIpc) is 3.07. The Morgan fingerprint density at radius 3 is 0.891 bits per heavy atom. The summed E-state index contributed by atoms with van der Waals surface area (Å²) in [6, 6.07) is 0.315. The van der Waals surface area contributed by atoms with Crippen LogP contribution in [0, 0.1) is 0 Å². The van der Waals surface area contributed by atoms with Crippen LogP contribution in [-0.2, 0) is 0 Å². The molecule has 1 fully saturated rings. The van der Waals surface area contributed by atoms with Crippen molar-refractivity contribution in [2.45, 2.75) is 219 Å². The van der Waals surface area contributed by atoms with Crippen LogP contribution >= 0.6 is 0 Å². The molecule has 46 heavy (non-hydrogen) atoms. The molecule has 0 atom stereocenters. The molecule has 1 saturated heterocycles. The number of nitrogens with zero attached hydrogens (tertiary/aromatic N) is 3. The van der Waals surface area contributed by atoms with Gasteiger partial charge in [-0.2, -0.15) is 0 Å². The fourth-order valence-electron chi connectivity index (χ4n) is 7.20. The number of amides is 2. The van der Waals surface area contributed by atoms with E-state index < -0.39 is 0 Å². The van der Waals surface area contributed by atoms with Crippen LogP contribution in [0.15, 0.2) is 0 Å². The lowest BCUT2D eigenvalue weighted by Crippen LogP contribution is -2.52. The van der Waals surface area contributed by atoms with E-state index in [0.717, 1.165) is 39.3 Å². The van der Waals surface area contributed by atoms with Gasteiger partial charge in [-0.1, -0.05) is 206 Å². The van der Waals surface area contributed by atoms with Crippen LogP contribution in [0.2, 0.25) is 0 Å². The molecule has 0 saturated carbocycles. The Balaban J connectivity index is 2.07. The summed E-state index contributed by atoms with van der Waals surface area (Å²) < 4.78 is 0. The summed E-state index contributed by atoms with van der Waals surface area (Å²) >= 11 is 0. The second kappa shape index (κ2) is 34.1. The third kappa shape index (κ3) is 27.2. The van der Waals surface area contributed by atoms with Crippen molar-refractivity contribution in [1.29, 1.82) is 0 Å². The van der Waals surface area contributed by atoms with Gasteiger partial charge in [0.25, 0.3) is 0 Å². The monoisotopic (exact) mass is 648 g/mol. The Kier molecular flexibility index (Phi) is 32.1. The average molecular weight is 648 g/mol. The van der Waals surface area contributed by atoms with Crippen LogP contribution < -0.4 is 0 Å². The van der Waals surface area contributed by atoms with Crippen LogP contribution in [0.4, 0.5) is 4.79 Å². The predicted octanol–water partition coefficient (Wildman–Crippen LogP) is 13.2. The van der Waals surface area contributed by atoms with Gasteiger partial charge >= 0.3 is 6.03 Å². The molecule has 4 nitrogen and oxygen atoms in total. The Bertz CT molecular complexity index is 582. The van der Waals surface area contributed by atoms with Gasteiger partial charge in [0, 0.05) is 39.3 Å². The van der Waals surface area contributed by atoms with Gasteiger partial charge in [0.05, 0.1) is 0 Å². The number of carbonyl (C=O) groups is 1. The number of likely N-dealkylation sites (N-methyl/N-ethyl adjacent to an activating group) is 1. The second-order valence-electron chi connectivity index (χ2n) is 15.2. The highest BCUT2D eigenvalue weighted by Gasteiger charge is 2.23. The van der Waals surface area contributed by atoms with Crippen molar-refractivity contribution in [2.24, 2.45) is 0 Å². The molecule has 274 valence electrons. The fraction of sp³-hybridized carbons (Fsp3) is 0.976. The summed E-state index contributed by atoms with van der Waals surface area (Å²) in [7, 11) is 2.17. The Labute approximate surface area is 290 Å². The molecule has 1 heterocycles. The number of unbranched alkanes of at least 4 members (excludes halogenated alkanes) is 30. The minimum Gasteiger partial charge on any atom is -0.325 e. The van der Waals surface area contributed by atoms with Crippen LogP contribution in [0.5, 0.6) is 0 Å². The largest absolute Gasteiger partial charge is 0.325 e. The van der Waals surface area contributed by atoms with E-state index in [1.54, 1.807) is 0 Å². The summed E-state index contributed by atoms with van der Waals surface area (Å²) in [6.07, 6.45) is 44.7. The molecule has 0 aromatic rings. The molecule has 0 N–H and O–H groups in total. The van der Waals surface area contributed by atoms with Gasteiger partial charge in [-0.05, 0) is 19.9 Å². The molecule has 0 radical (unpaired) electrons. The Morgan fingerprint density at radius 1 is 0.391 bits per heavy atom. The van der Waals surface area contributed by atoms with Gasteiger partial charge in [-0.3, -0.25) is 0 Å². The SMILES string of the molecule is CCCCCCCCCCCCCCCCCCN(CCCCCCCCCCCCCCCCCC)C(=O)N1CCN(C)CC1. The zero-order chi connectivity index (χ0) is 33.2. The third-order valence-electron chi connectivity index (χ3n) is 10.6. The maximum absolute atomic E-state index is 13.4. The van der Waals surface area contributed by atoms with Crippen molar-refractivity contribution in [3.05, 3.63) is 0 Å². The van der Waals surface area contributed by atoms with Gasteiger partial charge in [0.15, 0.2) is 0 Å². The summed E-state index contributed by atoms with van der Waals surface area (Å²) in [5.41, 5.74) is 0. The summed E-state index contributed by atoms with van der Waals surface area (Å²) in [6.45, 7) is 10.3. The van der Waals surface area contributed by atoms with E-state index in [2.05, 4.69) is 35.6 Å². The lowest BCUT2D eigenvalue weighted by molar-refractivity contribution is 0.121. The smallest absolute Gasteiger partial charge is 0.320 e. The van der Waals surface area contributed by atoms with E-state index in [-0.39, 0.29) is 0 Å². The number of carbonyl (C=O) groups excluding carboxylic acids is 1. The molecule has 4 heteroatoms. The van der Waals surface area contributed by atoms with E-state index in [9.17, 15) is 4.79 Å². The Hall–Kier alpha value is -0.770. The second-order valence-corrected chi connectivity index (χ2v) is 15.2. The van der Waals surface area contributed by atoms with Crippen LogP contribution in [0.1, 0.15) is 219 Å². The molecule has 0 spiro atoms. The first-order chi connectivity index (χ1) is 22.7. The van der Waals surface area contributed by atoms with Gasteiger partial charge in [-0.15, -0.1) is 0 Å². The zero-order valence-electron chi connectivity index (χ0n) is 32.1. The summed E-state index contributed by atoms with van der Waals surface area (Å²) in [5, 5.41) is 0. The summed E-state index contributed by atoms with van der Waals surface area (Å²) in [5.74, 6) is 0. The molecule has 0 bridgehead atoms. The molecule has 2 amide bonds. The lowest BCUT2D eigenvalue weighted by atomic mass is 10.0. The highest BCUT2D eigenvalue weighted by molar-refractivity contribution is 5.74. The highest BCUT2D eigenvalue weighted by Crippen LogP contribution is 2.16. The first-order valence-corrected chi connectivity index (χ1v) is 21.4. The number of hydrogen-bond donors (Lipinski definition) is 0. The number of rotatable bonds is 34. The first kappa shape index (κ1) is 43.3. The standard InChI is InChI=1S/C42H85N3O/c1-4-6-8-10-12-14-16-18-20-22-24-26-28-30-32-34-36-44(42(46)45-40-38-43(3)39-41-45)37-35-33-31-29-27-25-23-21-19-17-15-13-11-9-7-5-2/h4-41H2,1-3H3. The van der Waals surface area contributed by atoms with Crippen molar-refractivity contribution in [3.63, 3.8) is 0 Å². The molecule has 1 aliphatic heterocycles. The van der Waals surface area contributed by atoms with E-state index >= 15 is 0 Å². The molecule has 0 aromatic heterocycles. The van der Waals surface area contributed by atoms with E-state index in [4.69, 9.17) is 0 Å². The van der Waals surface area contributed by atoms with Crippen molar-refractivity contribution in [2.75, 3.05) is 46.3 Å². The topological polar surface area (TPSA) is 26.8 Å². The summed E-state index contributed by atoms with van der Waals surface area (Å²) in [4.78, 5) is 20.1. The van der Waals surface area contributed by atoms with Crippen molar-refractivity contribution in [1.82, 2.24) is 14.7 Å². The minimum absolute atomic E-state index is 0.315. The van der Waals surface area contributed by atoms with Gasteiger partial charge in [-0.25, -0.2) is 4.79 Å². The lowest BCUT2D eigenvalue weighted by Gasteiger charge is -2.36. The van der Waals surface area contributed by atoms with Gasteiger partial charge in [0.1, 0.15) is 0 Å². The van der Waals surface area contributed by atoms with Crippen LogP contribution in [0.25, 0.3) is 0 Å². The minimum atomic E-state index is 0.315. The highest BCUT2D eigenvalue weighted by atomic mass is 16.2. The Morgan fingerprint density at radius 2 is 0.630 bits per heavy atom. The fourth-order valence-corrected chi connectivity index (χ4v) is 7.20. The van der Waals surface area contributed by atoms with Crippen molar-refractivity contribution < 1.29 is 4.79 Å².